The normalized spacial score (nSPS) is 14.5. The zero-order chi connectivity index (χ0) is 19.9. The Morgan fingerprint density at radius 1 is 1.08 bits per heavy atom. The maximum Gasteiger partial charge on any atom is 0.408 e. The molecular formula is C18H26N2O6. The monoisotopic (exact) mass is 366 g/mol. The highest BCUT2D eigenvalue weighted by atomic mass is 16.6. The summed E-state index contributed by atoms with van der Waals surface area (Å²) in [5.41, 5.74) is -0.269. The number of hydrogen-bond donors (Lipinski definition) is 3. The third-order valence-electron chi connectivity index (χ3n) is 3.34. The second-order valence-corrected chi connectivity index (χ2v) is 6.73. The molecule has 1 aromatic rings. The molecule has 144 valence electrons. The number of benzene rings is 1. The minimum Gasteiger partial charge on any atom is -0.467 e. The fraction of sp³-hybridized carbons (Fsp3) is 0.500. The SMILES string of the molecule is COC(=O)C(NC(=O)[C@H](C)NC(=O)OC(C)(C)C)C(O)c1ccccc1. The van der Waals surface area contributed by atoms with Crippen LogP contribution in [0, 0.1) is 0 Å². The Kier molecular flexibility index (Phi) is 7.57. The van der Waals surface area contributed by atoms with Gasteiger partial charge in [0.05, 0.1) is 7.11 Å². The minimum atomic E-state index is -1.32. The van der Waals surface area contributed by atoms with Gasteiger partial charge in [-0.3, -0.25) is 4.79 Å². The average Bonchev–Trinajstić information content (AvgIpc) is 2.57. The molecule has 2 unspecified atom stereocenters. The number of nitrogens with one attached hydrogen (secondary N) is 2. The Morgan fingerprint density at radius 3 is 2.15 bits per heavy atom. The lowest BCUT2D eigenvalue weighted by Crippen LogP contribution is -2.53. The molecule has 8 nitrogen and oxygen atoms in total. The summed E-state index contributed by atoms with van der Waals surface area (Å²) in [5.74, 6) is -1.47. The number of amides is 2. The molecule has 0 fully saturated rings. The van der Waals surface area contributed by atoms with E-state index in [1.807, 2.05) is 0 Å². The quantitative estimate of drug-likeness (QED) is 0.654. The van der Waals surface area contributed by atoms with Gasteiger partial charge in [0.2, 0.25) is 5.91 Å². The van der Waals surface area contributed by atoms with E-state index in [1.54, 1.807) is 51.1 Å². The number of esters is 1. The third-order valence-corrected chi connectivity index (χ3v) is 3.34. The van der Waals surface area contributed by atoms with Gasteiger partial charge in [-0.1, -0.05) is 30.3 Å². The van der Waals surface area contributed by atoms with Gasteiger partial charge in [0.15, 0.2) is 6.04 Å². The molecule has 0 saturated carbocycles. The van der Waals surface area contributed by atoms with Crippen molar-refractivity contribution in [2.75, 3.05) is 7.11 Å². The molecule has 1 rings (SSSR count). The Hall–Kier alpha value is -2.61. The third kappa shape index (κ3) is 6.72. The van der Waals surface area contributed by atoms with E-state index >= 15 is 0 Å². The van der Waals surface area contributed by atoms with Crippen LogP contribution in [0.15, 0.2) is 30.3 Å². The number of aliphatic hydroxyl groups is 1. The molecule has 8 heteroatoms. The van der Waals surface area contributed by atoms with E-state index in [-0.39, 0.29) is 0 Å². The van der Waals surface area contributed by atoms with Crippen molar-refractivity contribution in [3.8, 4) is 0 Å². The number of aliphatic hydroxyl groups excluding tert-OH is 1. The lowest BCUT2D eigenvalue weighted by molar-refractivity contribution is -0.148. The molecule has 0 radical (unpaired) electrons. The Bertz CT molecular complexity index is 626. The van der Waals surface area contributed by atoms with Crippen LogP contribution in [-0.4, -0.2) is 47.9 Å². The summed E-state index contributed by atoms with van der Waals surface area (Å²) >= 11 is 0. The summed E-state index contributed by atoms with van der Waals surface area (Å²) in [6.45, 7) is 6.52. The number of carbonyl (C=O) groups is 3. The summed E-state index contributed by atoms with van der Waals surface area (Å²) in [6.07, 6.45) is -2.07. The lowest BCUT2D eigenvalue weighted by Gasteiger charge is -2.25. The molecule has 26 heavy (non-hydrogen) atoms. The minimum absolute atomic E-state index is 0.441. The maximum atomic E-state index is 12.3. The highest BCUT2D eigenvalue weighted by molar-refractivity contribution is 5.89. The van der Waals surface area contributed by atoms with Crippen LogP contribution in [0.4, 0.5) is 4.79 Å². The standard InChI is InChI=1S/C18H26N2O6/c1-11(19-17(24)26-18(2,3)4)15(22)20-13(16(23)25-5)14(21)12-9-7-6-8-10-12/h6-11,13-14,21H,1-5H3,(H,19,24)(H,20,22)/t11-,13?,14?/m0/s1. The predicted molar refractivity (Wildman–Crippen MR) is 94.2 cm³/mol. The summed E-state index contributed by atoms with van der Waals surface area (Å²) in [7, 11) is 1.15. The summed E-state index contributed by atoms with van der Waals surface area (Å²) in [6, 6.07) is 6.08. The van der Waals surface area contributed by atoms with Crippen molar-refractivity contribution in [3.05, 3.63) is 35.9 Å². The second-order valence-electron chi connectivity index (χ2n) is 6.73. The van der Waals surface area contributed by atoms with E-state index in [1.165, 1.54) is 6.92 Å². The molecule has 3 N–H and O–H groups in total. The number of hydrogen-bond acceptors (Lipinski definition) is 6. The summed E-state index contributed by atoms with van der Waals surface area (Å²) in [4.78, 5) is 36.0. The van der Waals surface area contributed by atoms with Crippen molar-refractivity contribution in [3.63, 3.8) is 0 Å². The molecule has 0 spiro atoms. The number of carbonyl (C=O) groups excluding carboxylic acids is 3. The van der Waals surface area contributed by atoms with Gasteiger partial charge >= 0.3 is 12.1 Å². The highest BCUT2D eigenvalue weighted by Gasteiger charge is 2.32. The van der Waals surface area contributed by atoms with E-state index in [4.69, 9.17) is 4.74 Å². The van der Waals surface area contributed by atoms with Gasteiger partial charge in [0, 0.05) is 0 Å². The van der Waals surface area contributed by atoms with Crippen LogP contribution in [0.1, 0.15) is 39.4 Å². The zero-order valence-corrected chi connectivity index (χ0v) is 15.6. The van der Waals surface area contributed by atoms with Crippen LogP contribution in [0.25, 0.3) is 0 Å². The van der Waals surface area contributed by atoms with Gasteiger partial charge in [-0.25, -0.2) is 9.59 Å². The highest BCUT2D eigenvalue weighted by Crippen LogP contribution is 2.17. The lowest BCUT2D eigenvalue weighted by atomic mass is 10.0. The van der Waals surface area contributed by atoms with Gasteiger partial charge in [0.1, 0.15) is 17.7 Å². The van der Waals surface area contributed by atoms with Gasteiger partial charge in [-0.05, 0) is 33.3 Å². The average molecular weight is 366 g/mol. The first kappa shape index (κ1) is 21.4. The summed E-state index contributed by atoms with van der Waals surface area (Å²) < 4.78 is 9.73. The largest absolute Gasteiger partial charge is 0.467 e. The first-order chi connectivity index (χ1) is 12.0. The molecule has 0 aromatic heterocycles. The van der Waals surface area contributed by atoms with E-state index in [0.717, 1.165) is 7.11 Å². The predicted octanol–water partition coefficient (Wildman–Crippen LogP) is 1.29. The van der Waals surface area contributed by atoms with Crippen LogP contribution >= 0.6 is 0 Å². The van der Waals surface area contributed by atoms with E-state index in [2.05, 4.69) is 15.4 Å². The second kappa shape index (κ2) is 9.19. The first-order valence-electron chi connectivity index (χ1n) is 8.16. The fourth-order valence-corrected chi connectivity index (χ4v) is 2.06. The van der Waals surface area contributed by atoms with Crippen LogP contribution in [-0.2, 0) is 19.1 Å². The van der Waals surface area contributed by atoms with Gasteiger partial charge in [-0.15, -0.1) is 0 Å². The number of rotatable bonds is 6. The fourth-order valence-electron chi connectivity index (χ4n) is 2.06. The van der Waals surface area contributed by atoms with E-state index < -0.39 is 41.8 Å². The van der Waals surface area contributed by atoms with Gasteiger partial charge < -0.3 is 25.2 Å². The summed E-state index contributed by atoms with van der Waals surface area (Å²) in [5, 5.41) is 15.2. The van der Waals surface area contributed by atoms with Crippen molar-refractivity contribution >= 4 is 18.0 Å². The van der Waals surface area contributed by atoms with Crippen LogP contribution in [0.3, 0.4) is 0 Å². The molecule has 2 amide bonds. The topological polar surface area (TPSA) is 114 Å². The van der Waals surface area contributed by atoms with Crippen molar-refractivity contribution in [2.45, 2.75) is 51.5 Å². The molecule has 0 bridgehead atoms. The van der Waals surface area contributed by atoms with Crippen LogP contribution < -0.4 is 10.6 Å². The number of alkyl carbamates (subject to hydrolysis) is 1. The van der Waals surface area contributed by atoms with E-state index in [9.17, 15) is 19.5 Å². The molecule has 0 heterocycles. The molecule has 1 aromatic carbocycles. The van der Waals surface area contributed by atoms with Crippen molar-refractivity contribution in [1.82, 2.24) is 10.6 Å². The van der Waals surface area contributed by atoms with Crippen molar-refractivity contribution < 1.29 is 29.0 Å². The molecule has 3 atom stereocenters. The van der Waals surface area contributed by atoms with Gasteiger partial charge in [0.25, 0.3) is 0 Å². The van der Waals surface area contributed by atoms with Crippen molar-refractivity contribution in [2.24, 2.45) is 0 Å². The Morgan fingerprint density at radius 2 is 1.65 bits per heavy atom. The number of ether oxygens (including phenoxy) is 2. The van der Waals surface area contributed by atoms with Crippen LogP contribution in [0.5, 0.6) is 0 Å². The Balaban J connectivity index is 2.80. The first-order valence-corrected chi connectivity index (χ1v) is 8.16. The smallest absolute Gasteiger partial charge is 0.408 e. The number of methoxy groups -OCH3 is 1. The molecule has 0 aliphatic rings. The van der Waals surface area contributed by atoms with Crippen molar-refractivity contribution in [1.29, 1.82) is 0 Å². The van der Waals surface area contributed by atoms with Crippen LogP contribution in [0.2, 0.25) is 0 Å². The molecule has 0 aliphatic heterocycles. The van der Waals surface area contributed by atoms with E-state index in [0.29, 0.717) is 5.56 Å². The maximum absolute atomic E-state index is 12.3. The zero-order valence-electron chi connectivity index (χ0n) is 15.6. The molecule has 0 aliphatic carbocycles. The van der Waals surface area contributed by atoms with Gasteiger partial charge in [-0.2, -0.15) is 0 Å². The Labute approximate surface area is 152 Å². The molecule has 0 saturated heterocycles. The molecular weight excluding hydrogens is 340 g/mol.